The topological polar surface area (TPSA) is 0 Å². The van der Waals surface area contributed by atoms with Gasteiger partial charge in [0, 0.05) is 0 Å². The lowest BCUT2D eigenvalue weighted by atomic mass is 9.62. The Morgan fingerprint density at radius 1 is 0.952 bits per heavy atom. The molecule has 6 heteroatoms. The molecule has 0 aliphatic heterocycles. The second-order valence-electron chi connectivity index (χ2n) is 6.10. The highest BCUT2D eigenvalue weighted by molar-refractivity contribution is 5.21. The first kappa shape index (κ1) is 18.4. The third-order valence-corrected chi connectivity index (χ3v) is 4.69. The van der Waals surface area contributed by atoms with Crippen LogP contribution in [-0.4, -0.2) is 12.4 Å². The van der Waals surface area contributed by atoms with Crippen LogP contribution in [0.1, 0.15) is 59.3 Å². The Morgan fingerprint density at radius 3 is 1.90 bits per heavy atom. The second-order valence-corrected chi connectivity index (χ2v) is 6.10. The number of rotatable bonds is 4. The SMILES string of the molecule is CCCCCC1CC(C)=C(C)CC1(C(F)(F)F)C(F)(F)F. The monoisotopic (exact) mass is 316 g/mol. The van der Waals surface area contributed by atoms with Gasteiger partial charge in [0.1, 0.15) is 0 Å². The summed E-state index contributed by atoms with van der Waals surface area (Å²) >= 11 is 0. The molecule has 0 aromatic carbocycles. The fourth-order valence-electron chi connectivity index (χ4n) is 3.24. The number of hydrogen-bond acceptors (Lipinski definition) is 0. The van der Waals surface area contributed by atoms with E-state index in [0.717, 1.165) is 6.42 Å². The third-order valence-electron chi connectivity index (χ3n) is 4.69. The predicted octanol–water partition coefficient (Wildman–Crippen LogP) is 6.42. The van der Waals surface area contributed by atoms with Gasteiger partial charge in [-0.15, -0.1) is 0 Å². The minimum absolute atomic E-state index is 0.0303. The molecule has 0 heterocycles. The summed E-state index contributed by atoms with van der Waals surface area (Å²) in [4.78, 5) is 0. The van der Waals surface area contributed by atoms with Crippen LogP contribution in [0.25, 0.3) is 0 Å². The molecule has 0 aromatic rings. The first-order valence-corrected chi connectivity index (χ1v) is 7.26. The van der Waals surface area contributed by atoms with Crippen LogP contribution in [0.3, 0.4) is 0 Å². The number of allylic oxidation sites excluding steroid dienone is 2. The second kappa shape index (κ2) is 6.21. The molecule has 1 aliphatic carbocycles. The van der Waals surface area contributed by atoms with E-state index in [9.17, 15) is 26.3 Å². The molecule has 0 nitrogen and oxygen atoms in total. The van der Waals surface area contributed by atoms with Crippen molar-refractivity contribution in [3.8, 4) is 0 Å². The van der Waals surface area contributed by atoms with Crippen LogP contribution in [0.2, 0.25) is 0 Å². The minimum atomic E-state index is -5.27. The summed E-state index contributed by atoms with van der Waals surface area (Å²) in [5, 5.41) is 0. The first-order chi connectivity index (χ1) is 9.47. The predicted molar refractivity (Wildman–Crippen MR) is 69.8 cm³/mol. The summed E-state index contributed by atoms with van der Waals surface area (Å²) in [6.45, 7) is 4.89. The molecule has 0 radical (unpaired) electrons. The fraction of sp³-hybridized carbons (Fsp3) is 0.867. The van der Waals surface area contributed by atoms with Crippen molar-refractivity contribution in [3.63, 3.8) is 0 Å². The quantitative estimate of drug-likeness (QED) is 0.319. The van der Waals surface area contributed by atoms with Gasteiger partial charge in [-0.3, -0.25) is 0 Å². The van der Waals surface area contributed by atoms with Gasteiger partial charge in [0.15, 0.2) is 5.41 Å². The Labute approximate surface area is 121 Å². The molecular weight excluding hydrogens is 294 g/mol. The molecule has 1 atom stereocenters. The van der Waals surface area contributed by atoms with Gasteiger partial charge < -0.3 is 0 Å². The molecule has 0 spiro atoms. The highest BCUT2D eigenvalue weighted by atomic mass is 19.4. The van der Waals surface area contributed by atoms with Crippen molar-refractivity contribution in [3.05, 3.63) is 11.1 Å². The van der Waals surface area contributed by atoms with Gasteiger partial charge >= 0.3 is 12.4 Å². The maximum absolute atomic E-state index is 13.4. The number of hydrogen-bond donors (Lipinski definition) is 0. The highest BCUT2D eigenvalue weighted by Gasteiger charge is 2.73. The average Bonchev–Trinajstić information content (AvgIpc) is 2.30. The van der Waals surface area contributed by atoms with E-state index in [1.165, 1.54) is 6.92 Å². The molecule has 1 aliphatic rings. The highest BCUT2D eigenvalue weighted by Crippen LogP contribution is 2.62. The first-order valence-electron chi connectivity index (χ1n) is 7.26. The van der Waals surface area contributed by atoms with Gasteiger partial charge in [-0.1, -0.05) is 37.3 Å². The van der Waals surface area contributed by atoms with Crippen LogP contribution in [-0.2, 0) is 0 Å². The van der Waals surface area contributed by atoms with Gasteiger partial charge in [0.2, 0.25) is 0 Å². The van der Waals surface area contributed by atoms with E-state index >= 15 is 0 Å². The standard InChI is InChI=1S/C15H22F6/c1-4-5-6-7-12-8-10(2)11(3)9-13(12,14(16,17)18)15(19,20)21/h12H,4-9H2,1-3H3. The Balaban J connectivity index is 3.27. The lowest BCUT2D eigenvalue weighted by Crippen LogP contribution is -2.56. The minimum Gasteiger partial charge on any atom is -0.170 e. The zero-order valence-electron chi connectivity index (χ0n) is 12.6. The summed E-state index contributed by atoms with van der Waals surface area (Å²) in [6.07, 6.45) is -9.82. The van der Waals surface area contributed by atoms with E-state index in [-0.39, 0.29) is 18.4 Å². The van der Waals surface area contributed by atoms with E-state index in [0.29, 0.717) is 18.4 Å². The Hall–Kier alpha value is -0.680. The molecule has 0 N–H and O–H groups in total. The van der Waals surface area contributed by atoms with E-state index in [1.807, 2.05) is 6.92 Å². The molecule has 0 saturated heterocycles. The zero-order valence-corrected chi connectivity index (χ0v) is 12.6. The van der Waals surface area contributed by atoms with Crippen molar-refractivity contribution in [2.24, 2.45) is 11.3 Å². The summed E-state index contributed by atoms with van der Waals surface area (Å²) in [6, 6.07) is 0. The summed E-state index contributed by atoms with van der Waals surface area (Å²) in [7, 11) is 0. The number of halogens is 6. The Morgan fingerprint density at radius 2 is 1.48 bits per heavy atom. The molecule has 1 unspecified atom stereocenters. The number of alkyl halides is 6. The summed E-state index contributed by atoms with van der Waals surface area (Å²) in [5.41, 5.74) is -2.70. The molecule has 0 saturated carbocycles. The normalized spacial score (nSPS) is 23.6. The van der Waals surface area contributed by atoms with Crippen LogP contribution in [0.4, 0.5) is 26.3 Å². The van der Waals surface area contributed by atoms with Crippen molar-refractivity contribution in [1.82, 2.24) is 0 Å². The van der Waals surface area contributed by atoms with Crippen LogP contribution in [0.15, 0.2) is 11.1 Å². The van der Waals surface area contributed by atoms with E-state index < -0.39 is 30.1 Å². The molecule has 21 heavy (non-hydrogen) atoms. The third kappa shape index (κ3) is 3.39. The van der Waals surface area contributed by atoms with Crippen LogP contribution in [0, 0.1) is 11.3 Å². The van der Waals surface area contributed by atoms with Crippen LogP contribution >= 0.6 is 0 Å². The van der Waals surface area contributed by atoms with E-state index in [1.54, 1.807) is 6.92 Å². The smallest absolute Gasteiger partial charge is 0.170 e. The molecule has 124 valence electrons. The molecule has 0 bridgehead atoms. The van der Waals surface area contributed by atoms with Crippen LogP contribution in [0.5, 0.6) is 0 Å². The maximum atomic E-state index is 13.4. The average molecular weight is 316 g/mol. The van der Waals surface area contributed by atoms with Gasteiger partial charge in [0.25, 0.3) is 0 Å². The van der Waals surface area contributed by atoms with Crippen molar-refractivity contribution >= 4 is 0 Å². The largest absolute Gasteiger partial charge is 0.403 e. The van der Waals surface area contributed by atoms with Gasteiger partial charge in [0.05, 0.1) is 0 Å². The lowest BCUT2D eigenvalue weighted by Gasteiger charge is -2.46. The van der Waals surface area contributed by atoms with Gasteiger partial charge in [-0.25, -0.2) is 0 Å². The lowest BCUT2D eigenvalue weighted by molar-refractivity contribution is -0.360. The molecule has 1 rings (SSSR count). The van der Waals surface area contributed by atoms with E-state index in [2.05, 4.69) is 0 Å². The van der Waals surface area contributed by atoms with Crippen LogP contribution < -0.4 is 0 Å². The zero-order chi connectivity index (χ0) is 16.5. The molecular formula is C15H22F6. The molecule has 0 fully saturated rings. The summed E-state index contributed by atoms with van der Waals surface area (Å²) in [5.74, 6) is -1.41. The molecule has 0 aromatic heterocycles. The maximum Gasteiger partial charge on any atom is 0.403 e. The van der Waals surface area contributed by atoms with Gasteiger partial charge in [-0.2, -0.15) is 26.3 Å². The van der Waals surface area contributed by atoms with Crippen molar-refractivity contribution in [2.75, 3.05) is 0 Å². The Bertz CT molecular complexity index is 374. The van der Waals surface area contributed by atoms with Crippen molar-refractivity contribution < 1.29 is 26.3 Å². The van der Waals surface area contributed by atoms with Gasteiger partial charge in [-0.05, 0) is 39.0 Å². The van der Waals surface area contributed by atoms with E-state index in [4.69, 9.17) is 0 Å². The molecule has 0 amide bonds. The number of unbranched alkanes of at least 4 members (excludes halogenated alkanes) is 2. The summed E-state index contributed by atoms with van der Waals surface area (Å²) < 4.78 is 80.5. The van der Waals surface area contributed by atoms with Crippen molar-refractivity contribution in [1.29, 1.82) is 0 Å². The Kier molecular flexibility index (Phi) is 5.43. The fourth-order valence-corrected chi connectivity index (χ4v) is 3.24. The van der Waals surface area contributed by atoms with Crippen molar-refractivity contribution in [2.45, 2.75) is 71.6 Å².